The zero-order chi connectivity index (χ0) is 12.5. The van der Waals surface area contributed by atoms with Crippen molar-refractivity contribution in [3.63, 3.8) is 0 Å². The van der Waals surface area contributed by atoms with Crippen LogP contribution in [-0.2, 0) is 4.74 Å². The van der Waals surface area contributed by atoms with Crippen molar-refractivity contribution in [2.45, 2.75) is 64.2 Å². The summed E-state index contributed by atoms with van der Waals surface area (Å²) in [5.41, 5.74) is 0.346. The molecule has 2 rings (SSSR count). The first-order chi connectivity index (χ1) is 8.03. The normalized spacial score (nSPS) is 36.0. The van der Waals surface area contributed by atoms with Crippen LogP contribution in [0.25, 0.3) is 0 Å². The Labute approximate surface area is 105 Å². The van der Waals surface area contributed by atoms with Crippen molar-refractivity contribution in [2.75, 3.05) is 20.2 Å². The first kappa shape index (κ1) is 13.3. The van der Waals surface area contributed by atoms with Crippen LogP contribution in [0.3, 0.4) is 0 Å². The lowest BCUT2D eigenvalue weighted by molar-refractivity contribution is -0.0412. The molecule has 0 spiro atoms. The van der Waals surface area contributed by atoms with Gasteiger partial charge in [0.25, 0.3) is 0 Å². The molecular weight excluding hydrogens is 214 g/mol. The molecule has 2 atom stereocenters. The summed E-state index contributed by atoms with van der Waals surface area (Å²) in [4.78, 5) is 2.58. The van der Waals surface area contributed by atoms with E-state index in [1.54, 1.807) is 0 Å². The number of aliphatic hydroxyl groups is 1. The van der Waals surface area contributed by atoms with E-state index in [9.17, 15) is 5.11 Å². The maximum atomic E-state index is 9.89. The Balaban J connectivity index is 1.96. The number of hydrogen-bond donors (Lipinski definition) is 1. The van der Waals surface area contributed by atoms with E-state index in [0.29, 0.717) is 17.6 Å². The number of aliphatic hydroxyl groups excluding tert-OH is 1. The molecule has 0 aromatic carbocycles. The predicted molar refractivity (Wildman–Crippen MR) is 69.0 cm³/mol. The molecule has 17 heavy (non-hydrogen) atoms. The molecule has 3 heteroatoms. The third-order valence-corrected chi connectivity index (χ3v) is 4.77. The molecule has 1 aliphatic carbocycles. The number of hydrogen-bond acceptors (Lipinski definition) is 3. The van der Waals surface area contributed by atoms with Gasteiger partial charge >= 0.3 is 0 Å². The molecule has 100 valence electrons. The number of rotatable bonds is 2. The second kappa shape index (κ2) is 5.25. The van der Waals surface area contributed by atoms with Gasteiger partial charge in [0.15, 0.2) is 0 Å². The van der Waals surface area contributed by atoms with Crippen molar-refractivity contribution in [2.24, 2.45) is 5.41 Å². The van der Waals surface area contributed by atoms with Crippen LogP contribution in [-0.4, -0.2) is 48.5 Å². The third-order valence-electron chi connectivity index (χ3n) is 4.77. The van der Waals surface area contributed by atoms with E-state index in [2.05, 4.69) is 18.7 Å². The fourth-order valence-corrected chi connectivity index (χ4v) is 3.47. The SMILES string of the molecule is COC1CCN(C2CC(O)CCC2(C)C)CC1. The third kappa shape index (κ3) is 3.01. The summed E-state index contributed by atoms with van der Waals surface area (Å²) in [6, 6.07) is 0.545. The molecule has 0 bridgehead atoms. The van der Waals surface area contributed by atoms with Gasteiger partial charge in [-0.25, -0.2) is 0 Å². The van der Waals surface area contributed by atoms with Crippen molar-refractivity contribution in [3.05, 3.63) is 0 Å². The number of piperidine rings is 1. The standard InChI is InChI=1S/C14H27NO2/c1-14(2)7-4-11(16)10-13(14)15-8-5-12(17-3)6-9-15/h11-13,16H,4-10H2,1-3H3. The molecule has 1 aliphatic heterocycles. The molecule has 0 radical (unpaired) electrons. The van der Waals surface area contributed by atoms with Gasteiger partial charge in [-0.05, 0) is 37.5 Å². The topological polar surface area (TPSA) is 32.7 Å². The van der Waals surface area contributed by atoms with Gasteiger partial charge in [0.1, 0.15) is 0 Å². The monoisotopic (exact) mass is 241 g/mol. The van der Waals surface area contributed by atoms with Crippen LogP contribution >= 0.6 is 0 Å². The molecule has 0 aromatic rings. The first-order valence-corrected chi connectivity index (χ1v) is 6.98. The van der Waals surface area contributed by atoms with Crippen molar-refractivity contribution >= 4 is 0 Å². The van der Waals surface area contributed by atoms with Crippen molar-refractivity contribution in [1.29, 1.82) is 0 Å². The van der Waals surface area contributed by atoms with E-state index in [1.165, 1.54) is 0 Å². The number of likely N-dealkylation sites (tertiary alicyclic amines) is 1. The van der Waals surface area contributed by atoms with Crippen LogP contribution < -0.4 is 0 Å². The summed E-state index contributed by atoms with van der Waals surface area (Å²) in [7, 11) is 1.81. The molecular formula is C14H27NO2. The molecule has 1 N–H and O–H groups in total. The van der Waals surface area contributed by atoms with Crippen molar-refractivity contribution in [1.82, 2.24) is 4.90 Å². The highest BCUT2D eigenvalue weighted by Gasteiger charge is 2.40. The minimum atomic E-state index is -0.0897. The lowest BCUT2D eigenvalue weighted by atomic mass is 9.71. The number of nitrogens with zero attached hydrogens (tertiary/aromatic N) is 1. The first-order valence-electron chi connectivity index (χ1n) is 6.98. The Morgan fingerprint density at radius 2 is 1.82 bits per heavy atom. The van der Waals surface area contributed by atoms with Gasteiger partial charge in [0.2, 0.25) is 0 Å². The predicted octanol–water partition coefficient (Wildman–Crippen LogP) is 2.04. The average Bonchev–Trinajstić information content (AvgIpc) is 2.33. The smallest absolute Gasteiger partial charge is 0.0595 e. The summed E-state index contributed by atoms with van der Waals surface area (Å²) in [5.74, 6) is 0. The molecule has 0 amide bonds. The summed E-state index contributed by atoms with van der Waals surface area (Å²) in [6.07, 6.45) is 5.69. The molecule has 2 aliphatic rings. The van der Waals surface area contributed by atoms with E-state index >= 15 is 0 Å². The van der Waals surface area contributed by atoms with Crippen LogP contribution in [0.4, 0.5) is 0 Å². The Bertz CT molecular complexity index is 247. The Morgan fingerprint density at radius 1 is 1.18 bits per heavy atom. The maximum Gasteiger partial charge on any atom is 0.0595 e. The number of ether oxygens (including phenoxy) is 1. The van der Waals surface area contributed by atoms with Gasteiger partial charge in [-0.1, -0.05) is 13.8 Å². The maximum absolute atomic E-state index is 9.89. The lowest BCUT2D eigenvalue weighted by Crippen LogP contribution is -2.53. The van der Waals surface area contributed by atoms with Gasteiger partial charge < -0.3 is 9.84 Å². The van der Waals surface area contributed by atoms with E-state index in [0.717, 1.165) is 45.2 Å². The summed E-state index contributed by atoms with van der Waals surface area (Å²) in [5, 5.41) is 9.89. The minimum absolute atomic E-state index is 0.0897. The zero-order valence-corrected chi connectivity index (χ0v) is 11.5. The largest absolute Gasteiger partial charge is 0.393 e. The summed E-state index contributed by atoms with van der Waals surface area (Å²) >= 11 is 0. The van der Waals surface area contributed by atoms with E-state index in [-0.39, 0.29) is 6.10 Å². The fraction of sp³-hybridized carbons (Fsp3) is 1.00. The second-order valence-corrected chi connectivity index (χ2v) is 6.40. The van der Waals surface area contributed by atoms with E-state index in [1.807, 2.05) is 7.11 Å². The quantitative estimate of drug-likeness (QED) is 0.803. The highest BCUT2D eigenvalue weighted by Crippen LogP contribution is 2.39. The molecule has 2 fully saturated rings. The minimum Gasteiger partial charge on any atom is -0.393 e. The van der Waals surface area contributed by atoms with Crippen LogP contribution in [0, 0.1) is 5.41 Å². The van der Waals surface area contributed by atoms with Gasteiger partial charge in [-0.15, -0.1) is 0 Å². The molecule has 1 saturated heterocycles. The average molecular weight is 241 g/mol. The Hall–Kier alpha value is -0.120. The van der Waals surface area contributed by atoms with Gasteiger partial charge in [-0.2, -0.15) is 0 Å². The number of methoxy groups -OCH3 is 1. The van der Waals surface area contributed by atoms with Crippen LogP contribution in [0.15, 0.2) is 0 Å². The van der Waals surface area contributed by atoms with Crippen LogP contribution in [0.5, 0.6) is 0 Å². The lowest BCUT2D eigenvalue weighted by Gasteiger charge is -2.48. The van der Waals surface area contributed by atoms with Crippen LogP contribution in [0.2, 0.25) is 0 Å². The van der Waals surface area contributed by atoms with E-state index < -0.39 is 0 Å². The molecule has 0 aromatic heterocycles. The van der Waals surface area contributed by atoms with Gasteiger partial charge in [-0.3, -0.25) is 4.90 Å². The van der Waals surface area contributed by atoms with E-state index in [4.69, 9.17) is 4.74 Å². The van der Waals surface area contributed by atoms with Crippen molar-refractivity contribution < 1.29 is 9.84 Å². The van der Waals surface area contributed by atoms with Gasteiger partial charge in [0.05, 0.1) is 12.2 Å². The molecule has 1 saturated carbocycles. The molecule has 2 unspecified atom stereocenters. The Morgan fingerprint density at radius 3 is 2.41 bits per heavy atom. The van der Waals surface area contributed by atoms with Gasteiger partial charge in [0, 0.05) is 26.2 Å². The summed E-state index contributed by atoms with van der Waals surface area (Å²) in [6.45, 7) is 6.95. The van der Waals surface area contributed by atoms with Crippen molar-refractivity contribution in [3.8, 4) is 0 Å². The van der Waals surface area contributed by atoms with Crippen LogP contribution in [0.1, 0.15) is 46.0 Å². The zero-order valence-electron chi connectivity index (χ0n) is 11.5. The second-order valence-electron chi connectivity index (χ2n) is 6.40. The molecule has 3 nitrogen and oxygen atoms in total. The Kier molecular flexibility index (Phi) is 4.11. The fourth-order valence-electron chi connectivity index (χ4n) is 3.47. The molecule has 1 heterocycles. The highest BCUT2D eigenvalue weighted by atomic mass is 16.5. The summed E-state index contributed by atoms with van der Waals surface area (Å²) < 4.78 is 5.42. The highest BCUT2D eigenvalue weighted by molar-refractivity contribution is 4.94.